The van der Waals surface area contributed by atoms with E-state index in [0.29, 0.717) is 31.7 Å². The molecule has 1 fully saturated rings. The number of anilines is 2. The largest absolute Gasteiger partial charge is 0.343 e. The average molecular weight is 458 g/mol. The van der Waals surface area contributed by atoms with Crippen LogP contribution in [0.15, 0.2) is 58.9 Å². The van der Waals surface area contributed by atoms with Gasteiger partial charge in [0.2, 0.25) is 11.0 Å². The first-order chi connectivity index (χ1) is 15.1. The van der Waals surface area contributed by atoms with E-state index in [4.69, 9.17) is 0 Å². The monoisotopic (exact) mass is 457 g/mol. The number of thioether (sulfide) groups is 1. The summed E-state index contributed by atoms with van der Waals surface area (Å²) in [5.74, 6) is -0.435. The number of carbonyl (C=O) groups is 2. The highest BCUT2D eigenvalue weighted by Gasteiger charge is 2.24. The molecule has 0 radical (unpaired) electrons. The van der Waals surface area contributed by atoms with E-state index in [9.17, 15) is 14.0 Å². The molecule has 1 saturated heterocycles. The molecule has 0 atom stereocenters. The molecule has 1 N–H and O–H groups in total. The van der Waals surface area contributed by atoms with Crippen LogP contribution in [0.3, 0.4) is 0 Å². The Hall–Kier alpha value is -2.98. The van der Waals surface area contributed by atoms with Gasteiger partial charge in [-0.2, -0.15) is 0 Å². The van der Waals surface area contributed by atoms with Crippen LogP contribution in [-0.4, -0.2) is 58.8 Å². The second-order valence-corrected chi connectivity index (χ2v) is 9.02. The van der Waals surface area contributed by atoms with Gasteiger partial charge in [0, 0.05) is 37.4 Å². The molecule has 2 amide bonds. The molecule has 1 aliphatic heterocycles. The molecule has 4 rings (SSSR count). The van der Waals surface area contributed by atoms with Crippen molar-refractivity contribution in [2.24, 2.45) is 0 Å². The van der Waals surface area contributed by atoms with Crippen molar-refractivity contribution in [3.63, 3.8) is 0 Å². The van der Waals surface area contributed by atoms with Crippen molar-refractivity contribution >= 4 is 45.7 Å². The maximum atomic E-state index is 13.4. The van der Waals surface area contributed by atoms with E-state index in [0.717, 1.165) is 15.2 Å². The van der Waals surface area contributed by atoms with Gasteiger partial charge in [-0.05, 0) is 30.3 Å². The van der Waals surface area contributed by atoms with Gasteiger partial charge in [0.05, 0.1) is 5.75 Å². The lowest BCUT2D eigenvalue weighted by Crippen LogP contribution is -2.48. The van der Waals surface area contributed by atoms with Crippen LogP contribution in [0.5, 0.6) is 0 Å². The molecule has 0 unspecified atom stereocenters. The summed E-state index contributed by atoms with van der Waals surface area (Å²) in [6.45, 7) is 2.29. The van der Waals surface area contributed by atoms with Gasteiger partial charge >= 0.3 is 0 Å². The van der Waals surface area contributed by atoms with Crippen LogP contribution in [0.25, 0.3) is 0 Å². The van der Waals surface area contributed by atoms with E-state index in [1.807, 2.05) is 30.3 Å². The lowest BCUT2D eigenvalue weighted by atomic mass is 10.2. The van der Waals surface area contributed by atoms with Crippen LogP contribution in [0.2, 0.25) is 0 Å². The zero-order chi connectivity index (χ0) is 21.6. The van der Waals surface area contributed by atoms with E-state index < -0.39 is 5.82 Å². The van der Waals surface area contributed by atoms with Gasteiger partial charge in [0.1, 0.15) is 5.82 Å². The maximum absolute atomic E-state index is 13.4. The first-order valence-electron chi connectivity index (χ1n) is 9.69. The number of carbonyl (C=O) groups excluding carboxylic acids is 2. The highest BCUT2D eigenvalue weighted by Crippen LogP contribution is 2.29. The normalized spacial score (nSPS) is 13.8. The van der Waals surface area contributed by atoms with Crippen molar-refractivity contribution in [1.29, 1.82) is 0 Å². The summed E-state index contributed by atoms with van der Waals surface area (Å²) in [7, 11) is 0. The first-order valence-corrected chi connectivity index (χ1v) is 11.5. The van der Waals surface area contributed by atoms with Crippen LogP contribution >= 0.6 is 23.1 Å². The fourth-order valence-corrected chi connectivity index (χ4v) is 4.83. The van der Waals surface area contributed by atoms with Crippen molar-refractivity contribution in [2.75, 3.05) is 42.1 Å². The van der Waals surface area contributed by atoms with Crippen LogP contribution < -0.4 is 10.2 Å². The van der Waals surface area contributed by atoms with Crippen LogP contribution in [0.4, 0.5) is 15.2 Å². The Labute approximate surface area is 187 Å². The summed E-state index contributed by atoms with van der Waals surface area (Å²) in [6, 6.07) is 15.1. The third-order valence-corrected chi connectivity index (χ3v) is 6.81. The number of para-hydroxylation sites is 1. The van der Waals surface area contributed by atoms with Crippen molar-refractivity contribution < 1.29 is 14.0 Å². The minimum Gasteiger partial charge on any atom is -0.343 e. The Morgan fingerprint density at radius 3 is 2.55 bits per heavy atom. The van der Waals surface area contributed by atoms with Crippen molar-refractivity contribution in [2.45, 2.75) is 4.34 Å². The number of amides is 2. The second kappa shape index (κ2) is 9.88. The van der Waals surface area contributed by atoms with E-state index in [-0.39, 0.29) is 17.6 Å². The molecule has 2 heterocycles. The number of hydrogen-bond donors (Lipinski definition) is 1. The summed E-state index contributed by atoms with van der Waals surface area (Å²) in [6.07, 6.45) is 0. The molecule has 1 aromatic heterocycles. The van der Waals surface area contributed by atoms with Crippen molar-refractivity contribution in [3.8, 4) is 0 Å². The number of piperazine rings is 1. The Morgan fingerprint density at radius 1 is 1.03 bits per heavy atom. The number of hydrogen-bond acceptors (Lipinski definition) is 7. The van der Waals surface area contributed by atoms with Gasteiger partial charge < -0.3 is 15.1 Å². The van der Waals surface area contributed by atoms with E-state index in [2.05, 4.69) is 20.4 Å². The fourth-order valence-electron chi connectivity index (χ4n) is 3.14. The quantitative estimate of drug-likeness (QED) is 0.572. The van der Waals surface area contributed by atoms with E-state index in [1.54, 1.807) is 17.0 Å². The van der Waals surface area contributed by atoms with Crippen LogP contribution in [0, 0.1) is 5.82 Å². The summed E-state index contributed by atoms with van der Waals surface area (Å²) in [4.78, 5) is 28.4. The molecule has 1 aliphatic rings. The number of benzene rings is 2. The standard InChI is InChI=1S/C21H20FN5O2S2/c22-16-6-4-5-15(13-16)19(29)26-9-11-27(12-10-26)20-24-25-21(31-20)30-14-18(28)23-17-7-2-1-3-8-17/h1-8,13H,9-12,14H2,(H,23,28). The molecule has 2 aromatic carbocycles. The third kappa shape index (κ3) is 5.59. The number of nitrogens with zero attached hydrogens (tertiary/aromatic N) is 4. The molecule has 0 spiro atoms. The molecular formula is C21H20FN5O2S2. The molecular weight excluding hydrogens is 437 g/mol. The summed E-state index contributed by atoms with van der Waals surface area (Å²) in [5, 5.41) is 12.0. The minimum atomic E-state index is -0.416. The van der Waals surface area contributed by atoms with Gasteiger partial charge in [0.15, 0.2) is 4.34 Å². The molecule has 3 aromatic rings. The lowest BCUT2D eigenvalue weighted by molar-refractivity contribution is -0.113. The van der Waals surface area contributed by atoms with Crippen LogP contribution in [-0.2, 0) is 4.79 Å². The Balaban J connectivity index is 1.26. The highest BCUT2D eigenvalue weighted by molar-refractivity contribution is 8.01. The third-order valence-electron chi connectivity index (χ3n) is 4.69. The molecule has 31 heavy (non-hydrogen) atoms. The average Bonchev–Trinajstić information content (AvgIpc) is 3.27. The van der Waals surface area contributed by atoms with Gasteiger partial charge in [-0.1, -0.05) is 47.4 Å². The minimum absolute atomic E-state index is 0.0996. The molecule has 160 valence electrons. The van der Waals surface area contributed by atoms with Gasteiger partial charge in [-0.15, -0.1) is 10.2 Å². The van der Waals surface area contributed by atoms with E-state index in [1.165, 1.54) is 35.2 Å². The fraction of sp³-hybridized carbons (Fsp3) is 0.238. The predicted octanol–water partition coefficient (Wildman–Crippen LogP) is 3.37. The zero-order valence-electron chi connectivity index (χ0n) is 16.5. The highest BCUT2D eigenvalue weighted by atomic mass is 32.2. The van der Waals surface area contributed by atoms with Gasteiger partial charge in [-0.3, -0.25) is 9.59 Å². The Kier molecular flexibility index (Phi) is 6.78. The predicted molar refractivity (Wildman–Crippen MR) is 120 cm³/mol. The first kappa shape index (κ1) is 21.3. The molecule has 10 heteroatoms. The number of rotatable bonds is 6. The van der Waals surface area contributed by atoms with Gasteiger partial charge in [-0.25, -0.2) is 4.39 Å². The number of aromatic nitrogens is 2. The summed E-state index contributed by atoms with van der Waals surface area (Å²) >= 11 is 2.77. The Bertz CT molecular complexity index is 1050. The lowest BCUT2D eigenvalue weighted by Gasteiger charge is -2.34. The molecule has 7 nitrogen and oxygen atoms in total. The topological polar surface area (TPSA) is 78.4 Å². The summed E-state index contributed by atoms with van der Waals surface area (Å²) < 4.78 is 14.1. The number of halogens is 1. The van der Waals surface area contributed by atoms with E-state index >= 15 is 0 Å². The maximum Gasteiger partial charge on any atom is 0.254 e. The molecule has 0 saturated carbocycles. The van der Waals surface area contributed by atoms with Crippen LogP contribution in [0.1, 0.15) is 10.4 Å². The van der Waals surface area contributed by atoms with Crippen molar-refractivity contribution in [1.82, 2.24) is 15.1 Å². The Morgan fingerprint density at radius 2 is 1.81 bits per heavy atom. The SMILES string of the molecule is O=C(CSc1nnc(N2CCN(C(=O)c3cccc(F)c3)CC2)s1)Nc1ccccc1. The van der Waals surface area contributed by atoms with Gasteiger partial charge in [0.25, 0.3) is 5.91 Å². The summed E-state index contributed by atoms with van der Waals surface area (Å²) in [5.41, 5.74) is 1.12. The molecule has 0 aliphatic carbocycles. The second-order valence-electron chi connectivity index (χ2n) is 6.84. The van der Waals surface area contributed by atoms with Crippen molar-refractivity contribution in [3.05, 3.63) is 66.0 Å². The molecule has 0 bridgehead atoms. The zero-order valence-corrected chi connectivity index (χ0v) is 18.2. The number of nitrogens with one attached hydrogen (secondary N) is 1. The smallest absolute Gasteiger partial charge is 0.254 e.